The fourth-order valence-corrected chi connectivity index (χ4v) is 3.86. The Balaban J connectivity index is 1.92. The van der Waals surface area contributed by atoms with Crippen molar-refractivity contribution >= 4 is 11.3 Å². The molecule has 1 N–H and O–H groups in total. The second-order valence-electron chi connectivity index (χ2n) is 6.93. The van der Waals surface area contributed by atoms with Crippen LogP contribution in [0.25, 0.3) is 0 Å². The first kappa shape index (κ1) is 16.9. The lowest BCUT2D eigenvalue weighted by atomic mass is 9.86. The molecule has 0 bridgehead atoms. The summed E-state index contributed by atoms with van der Waals surface area (Å²) in [7, 11) is 2.24. The molecule has 0 aliphatic carbocycles. The van der Waals surface area contributed by atoms with Gasteiger partial charge < -0.3 is 10.1 Å². The first-order valence-corrected chi connectivity index (χ1v) is 8.92. The van der Waals surface area contributed by atoms with E-state index in [0.717, 1.165) is 32.8 Å². The standard InChI is InChI=1S/C17H30N2OS/c1-14(2)10-18-11-17(7-8-20-13-17)12-19(4)15(3)16-6-5-9-21-16/h5-6,9,14-15,18H,7-8,10-13H2,1-4H3. The molecule has 1 fully saturated rings. The second-order valence-corrected chi connectivity index (χ2v) is 7.91. The Bertz CT molecular complexity index is 399. The van der Waals surface area contributed by atoms with Crippen molar-refractivity contribution < 1.29 is 4.74 Å². The van der Waals surface area contributed by atoms with Gasteiger partial charge in [0.25, 0.3) is 0 Å². The van der Waals surface area contributed by atoms with Gasteiger partial charge in [0.2, 0.25) is 0 Å². The first-order valence-electron chi connectivity index (χ1n) is 8.04. The molecule has 0 aromatic carbocycles. The lowest BCUT2D eigenvalue weighted by Crippen LogP contribution is -2.44. The van der Waals surface area contributed by atoms with Gasteiger partial charge in [-0.3, -0.25) is 4.90 Å². The van der Waals surface area contributed by atoms with E-state index in [0.29, 0.717) is 12.0 Å². The van der Waals surface area contributed by atoms with E-state index in [1.807, 2.05) is 11.3 Å². The molecular weight excluding hydrogens is 280 g/mol. The minimum atomic E-state index is 0.273. The first-order chi connectivity index (χ1) is 10.0. The number of hydrogen-bond donors (Lipinski definition) is 1. The summed E-state index contributed by atoms with van der Waals surface area (Å²) in [5.74, 6) is 0.701. The molecule has 0 radical (unpaired) electrons. The van der Waals surface area contributed by atoms with Crippen LogP contribution in [0, 0.1) is 11.3 Å². The van der Waals surface area contributed by atoms with E-state index in [1.165, 1.54) is 11.3 Å². The third-order valence-corrected chi connectivity index (χ3v) is 5.48. The van der Waals surface area contributed by atoms with Crippen LogP contribution in [0.3, 0.4) is 0 Å². The summed E-state index contributed by atoms with van der Waals surface area (Å²) in [4.78, 5) is 3.93. The molecular formula is C17H30N2OS. The minimum Gasteiger partial charge on any atom is -0.381 e. The van der Waals surface area contributed by atoms with Crippen molar-refractivity contribution in [1.82, 2.24) is 10.2 Å². The fraction of sp³-hybridized carbons (Fsp3) is 0.765. The SMILES string of the molecule is CC(C)CNCC1(CN(C)C(C)c2cccs2)CCOC1. The Kier molecular flexibility index (Phi) is 6.23. The topological polar surface area (TPSA) is 24.5 Å². The third kappa shape index (κ3) is 4.78. The van der Waals surface area contributed by atoms with Gasteiger partial charge in [0.1, 0.15) is 0 Å². The predicted octanol–water partition coefficient (Wildman–Crippen LogP) is 3.39. The molecule has 1 aromatic heterocycles. The van der Waals surface area contributed by atoms with Crippen LogP contribution in [-0.2, 0) is 4.74 Å². The molecule has 2 atom stereocenters. The Morgan fingerprint density at radius 3 is 2.81 bits per heavy atom. The summed E-state index contributed by atoms with van der Waals surface area (Å²) in [5.41, 5.74) is 0.273. The van der Waals surface area contributed by atoms with Crippen molar-refractivity contribution in [3.63, 3.8) is 0 Å². The van der Waals surface area contributed by atoms with Crippen molar-refractivity contribution in [2.75, 3.05) is 39.9 Å². The van der Waals surface area contributed by atoms with E-state index in [2.05, 4.69) is 55.5 Å². The fourth-order valence-electron chi connectivity index (χ4n) is 3.01. The average molecular weight is 311 g/mol. The van der Waals surface area contributed by atoms with Gasteiger partial charge in [-0.2, -0.15) is 0 Å². The maximum Gasteiger partial charge on any atom is 0.0547 e. The van der Waals surface area contributed by atoms with Crippen LogP contribution in [0.5, 0.6) is 0 Å². The van der Waals surface area contributed by atoms with Crippen molar-refractivity contribution in [2.24, 2.45) is 11.3 Å². The molecule has 3 nitrogen and oxygen atoms in total. The summed E-state index contributed by atoms with van der Waals surface area (Å²) < 4.78 is 5.73. The molecule has 21 heavy (non-hydrogen) atoms. The van der Waals surface area contributed by atoms with Gasteiger partial charge in [0, 0.05) is 36.0 Å². The average Bonchev–Trinajstić information content (AvgIpc) is 3.09. The van der Waals surface area contributed by atoms with Crippen LogP contribution in [0.4, 0.5) is 0 Å². The van der Waals surface area contributed by atoms with Gasteiger partial charge >= 0.3 is 0 Å². The quantitative estimate of drug-likeness (QED) is 0.796. The van der Waals surface area contributed by atoms with Crippen LogP contribution in [0.15, 0.2) is 17.5 Å². The number of rotatable bonds is 8. The van der Waals surface area contributed by atoms with Gasteiger partial charge in [-0.05, 0) is 44.3 Å². The molecule has 0 saturated carbocycles. The molecule has 2 rings (SSSR count). The van der Waals surface area contributed by atoms with E-state index < -0.39 is 0 Å². The largest absolute Gasteiger partial charge is 0.381 e. The molecule has 4 heteroatoms. The summed E-state index contributed by atoms with van der Waals surface area (Å²) in [6.07, 6.45) is 1.17. The Morgan fingerprint density at radius 2 is 2.24 bits per heavy atom. The zero-order valence-electron chi connectivity index (χ0n) is 13.9. The third-order valence-electron chi connectivity index (χ3n) is 4.44. The highest BCUT2D eigenvalue weighted by molar-refractivity contribution is 7.10. The van der Waals surface area contributed by atoms with Crippen molar-refractivity contribution in [3.8, 4) is 0 Å². The molecule has 1 aliphatic heterocycles. The normalized spacial score (nSPS) is 24.1. The highest BCUT2D eigenvalue weighted by atomic mass is 32.1. The Labute approximate surface area is 133 Å². The van der Waals surface area contributed by atoms with Crippen LogP contribution in [0.1, 0.15) is 38.1 Å². The molecule has 2 unspecified atom stereocenters. The highest BCUT2D eigenvalue weighted by Crippen LogP contribution is 2.32. The molecule has 0 amide bonds. The van der Waals surface area contributed by atoms with Gasteiger partial charge in [-0.15, -0.1) is 11.3 Å². The zero-order valence-corrected chi connectivity index (χ0v) is 14.7. The minimum absolute atomic E-state index is 0.273. The van der Waals surface area contributed by atoms with E-state index in [4.69, 9.17) is 4.74 Å². The zero-order chi connectivity index (χ0) is 15.3. The number of ether oxygens (including phenoxy) is 1. The van der Waals surface area contributed by atoms with Gasteiger partial charge in [-0.1, -0.05) is 19.9 Å². The van der Waals surface area contributed by atoms with Gasteiger partial charge in [-0.25, -0.2) is 0 Å². The van der Waals surface area contributed by atoms with Crippen LogP contribution in [0.2, 0.25) is 0 Å². The van der Waals surface area contributed by atoms with Crippen LogP contribution in [-0.4, -0.2) is 44.8 Å². The summed E-state index contributed by atoms with van der Waals surface area (Å²) >= 11 is 1.85. The Morgan fingerprint density at radius 1 is 1.43 bits per heavy atom. The Hall–Kier alpha value is -0.420. The molecule has 1 aliphatic rings. The van der Waals surface area contributed by atoms with Crippen molar-refractivity contribution in [2.45, 2.75) is 33.2 Å². The van der Waals surface area contributed by atoms with Crippen molar-refractivity contribution in [3.05, 3.63) is 22.4 Å². The predicted molar refractivity (Wildman–Crippen MR) is 90.9 cm³/mol. The lowest BCUT2D eigenvalue weighted by Gasteiger charge is -2.35. The molecule has 0 spiro atoms. The van der Waals surface area contributed by atoms with Crippen molar-refractivity contribution in [1.29, 1.82) is 0 Å². The second kappa shape index (κ2) is 7.73. The van der Waals surface area contributed by atoms with E-state index in [-0.39, 0.29) is 5.41 Å². The number of hydrogen-bond acceptors (Lipinski definition) is 4. The molecule has 1 saturated heterocycles. The molecule has 1 aromatic rings. The van der Waals surface area contributed by atoms with Gasteiger partial charge in [0.05, 0.1) is 6.61 Å². The number of thiophene rings is 1. The van der Waals surface area contributed by atoms with Crippen LogP contribution >= 0.6 is 11.3 Å². The lowest BCUT2D eigenvalue weighted by molar-refractivity contribution is 0.104. The number of nitrogens with one attached hydrogen (secondary N) is 1. The summed E-state index contributed by atoms with van der Waals surface area (Å²) in [6, 6.07) is 4.86. The smallest absolute Gasteiger partial charge is 0.0547 e. The maximum absolute atomic E-state index is 5.73. The van der Waals surface area contributed by atoms with E-state index in [1.54, 1.807) is 0 Å². The van der Waals surface area contributed by atoms with E-state index in [9.17, 15) is 0 Å². The van der Waals surface area contributed by atoms with Crippen LogP contribution < -0.4 is 5.32 Å². The summed E-state index contributed by atoms with van der Waals surface area (Å²) in [6.45, 7) is 11.9. The summed E-state index contributed by atoms with van der Waals surface area (Å²) in [5, 5.41) is 5.81. The molecule has 120 valence electrons. The monoisotopic (exact) mass is 310 g/mol. The van der Waals surface area contributed by atoms with Gasteiger partial charge in [0.15, 0.2) is 0 Å². The molecule has 2 heterocycles. The maximum atomic E-state index is 5.73. The number of nitrogens with zero attached hydrogens (tertiary/aromatic N) is 1. The van der Waals surface area contributed by atoms with E-state index >= 15 is 0 Å². The highest BCUT2D eigenvalue weighted by Gasteiger charge is 2.36.